The first-order valence-corrected chi connectivity index (χ1v) is 5.67. The second-order valence-electron chi connectivity index (χ2n) is 4.29. The summed E-state index contributed by atoms with van der Waals surface area (Å²) in [7, 11) is 3.40. The van der Waals surface area contributed by atoms with E-state index in [-0.39, 0.29) is 11.6 Å². The van der Waals surface area contributed by atoms with Crippen LogP contribution in [0.2, 0.25) is 0 Å². The minimum absolute atomic E-state index is 0.000923. The van der Waals surface area contributed by atoms with E-state index in [0.717, 1.165) is 12.4 Å². The number of aromatic nitrogens is 3. The van der Waals surface area contributed by atoms with E-state index in [0.29, 0.717) is 26.1 Å². The maximum absolute atomic E-state index is 11.9. The lowest BCUT2D eigenvalue weighted by atomic mass is 10.4. The van der Waals surface area contributed by atoms with Crippen LogP contribution in [0.25, 0.3) is 0 Å². The zero-order chi connectivity index (χ0) is 12.4. The van der Waals surface area contributed by atoms with E-state index in [2.05, 4.69) is 10.4 Å². The van der Waals surface area contributed by atoms with E-state index in [1.165, 1.54) is 9.58 Å². The summed E-state index contributed by atoms with van der Waals surface area (Å²) in [4.78, 5) is 24.9. The molecule has 7 heteroatoms. The molecule has 94 valence electrons. The largest absolute Gasteiger partial charge is 0.349 e. The molecule has 0 aromatic carbocycles. The molecule has 0 bridgehead atoms. The first-order chi connectivity index (χ1) is 8.09. The Morgan fingerprint density at radius 1 is 1.53 bits per heavy atom. The molecule has 0 unspecified atom stereocenters. The number of nitrogens with one attached hydrogen (secondary N) is 1. The molecule has 1 N–H and O–H groups in total. The summed E-state index contributed by atoms with van der Waals surface area (Å²) in [5.74, 6) is 0.750. The van der Waals surface area contributed by atoms with Gasteiger partial charge in [0.25, 0.3) is 0 Å². The molecular formula is C10H17N5O2. The average Bonchev–Trinajstić information content (AvgIpc) is 2.64. The van der Waals surface area contributed by atoms with Crippen LogP contribution < -0.4 is 11.0 Å². The molecule has 0 aliphatic carbocycles. The van der Waals surface area contributed by atoms with Gasteiger partial charge < -0.3 is 10.2 Å². The van der Waals surface area contributed by atoms with Crippen LogP contribution >= 0.6 is 0 Å². The normalized spacial score (nSPS) is 14.5. The number of carbonyl (C=O) groups is 1. The first kappa shape index (κ1) is 11.8. The van der Waals surface area contributed by atoms with Crippen molar-refractivity contribution in [2.45, 2.75) is 26.1 Å². The van der Waals surface area contributed by atoms with Gasteiger partial charge in [0.2, 0.25) is 5.91 Å². The van der Waals surface area contributed by atoms with Crippen molar-refractivity contribution in [2.24, 2.45) is 0 Å². The molecule has 2 heterocycles. The fourth-order valence-electron chi connectivity index (χ4n) is 1.80. The Bertz CT molecular complexity index is 474. The number of amides is 1. The third-order valence-electron chi connectivity index (χ3n) is 2.83. The Morgan fingerprint density at radius 2 is 2.29 bits per heavy atom. The molecule has 17 heavy (non-hydrogen) atoms. The quantitative estimate of drug-likeness (QED) is 0.706. The standard InChI is InChI=1S/C10H17N5O2/c1-13(2)9(16)3-5-15-10(17)14-6-4-11-7-8(14)12-15/h11H,3-7H2,1-2H3. The highest BCUT2D eigenvalue weighted by Crippen LogP contribution is 1.98. The summed E-state index contributed by atoms with van der Waals surface area (Å²) in [6.07, 6.45) is 0.302. The van der Waals surface area contributed by atoms with Gasteiger partial charge in [-0.05, 0) is 0 Å². The van der Waals surface area contributed by atoms with Crippen LogP contribution in [0.4, 0.5) is 0 Å². The Balaban J connectivity index is 2.09. The molecule has 0 radical (unpaired) electrons. The predicted octanol–water partition coefficient (Wildman–Crippen LogP) is -1.37. The Kier molecular flexibility index (Phi) is 3.28. The number of nitrogens with zero attached hydrogens (tertiary/aromatic N) is 4. The van der Waals surface area contributed by atoms with Gasteiger partial charge in [0.1, 0.15) is 5.82 Å². The predicted molar refractivity (Wildman–Crippen MR) is 61.5 cm³/mol. The van der Waals surface area contributed by atoms with Gasteiger partial charge >= 0.3 is 5.69 Å². The second-order valence-corrected chi connectivity index (χ2v) is 4.29. The van der Waals surface area contributed by atoms with Crippen LogP contribution in [0.5, 0.6) is 0 Å². The van der Waals surface area contributed by atoms with Gasteiger partial charge in [0.05, 0.1) is 13.1 Å². The zero-order valence-electron chi connectivity index (χ0n) is 10.1. The highest BCUT2D eigenvalue weighted by Gasteiger charge is 2.16. The van der Waals surface area contributed by atoms with Crippen molar-refractivity contribution in [3.05, 3.63) is 16.3 Å². The highest BCUT2D eigenvalue weighted by atomic mass is 16.2. The number of fused-ring (bicyclic) bond motifs is 1. The van der Waals surface area contributed by atoms with Crippen molar-refractivity contribution >= 4 is 5.91 Å². The first-order valence-electron chi connectivity index (χ1n) is 5.67. The van der Waals surface area contributed by atoms with Gasteiger partial charge in [-0.3, -0.25) is 9.36 Å². The molecule has 1 aromatic heterocycles. The van der Waals surface area contributed by atoms with Gasteiger partial charge in [0, 0.05) is 33.6 Å². The lowest BCUT2D eigenvalue weighted by Gasteiger charge is -2.11. The number of carbonyl (C=O) groups excluding carboxylic acids is 1. The monoisotopic (exact) mass is 239 g/mol. The third kappa shape index (κ3) is 2.38. The van der Waals surface area contributed by atoms with Crippen molar-refractivity contribution in [3.63, 3.8) is 0 Å². The minimum atomic E-state index is -0.118. The van der Waals surface area contributed by atoms with Gasteiger partial charge in [-0.2, -0.15) is 5.10 Å². The van der Waals surface area contributed by atoms with E-state index in [1.54, 1.807) is 18.7 Å². The summed E-state index contributed by atoms with van der Waals surface area (Å²) in [6, 6.07) is 0. The van der Waals surface area contributed by atoms with Gasteiger partial charge in [-0.1, -0.05) is 0 Å². The second kappa shape index (κ2) is 4.70. The number of hydrogen-bond donors (Lipinski definition) is 1. The Hall–Kier alpha value is -1.63. The summed E-state index contributed by atoms with van der Waals surface area (Å²) in [5, 5.41) is 7.37. The summed E-state index contributed by atoms with van der Waals surface area (Å²) in [6.45, 7) is 2.39. The van der Waals surface area contributed by atoms with Crippen LogP contribution in [0.3, 0.4) is 0 Å². The fourth-order valence-corrected chi connectivity index (χ4v) is 1.80. The molecule has 0 saturated carbocycles. The van der Waals surface area contributed by atoms with Crippen molar-refractivity contribution in [2.75, 3.05) is 20.6 Å². The van der Waals surface area contributed by atoms with Crippen LogP contribution in [-0.2, 0) is 24.4 Å². The minimum Gasteiger partial charge on any atom is -0.349 e. The molecule has 1 aromatic rings. The summed E-state index contributed by atoms with van der Waals surface area (Å²) < 4.78 is 3.04. The number of hydrogen-bond acceptors (Lipinski definition) is 4. The lowest BCUT2D eigenvalue weighted by Crippen LogP contribution is -2.34. The highest BCUT2D eigenvalue weighted by molar-refractivity contribution is 5.75. The van der Waals surface area contributed by atoms with E-state index in [4.69, 9.17) is 0 Å². The van der Waals surface area contributed by atoms with E-state index in [1.807, 2.05) is 0 Å². The molecular weight excluding hydrogens is 222 g/mol. The van der Waals surface area contributed by atoms with Crippen LogP contribution in [0.1, 0.15) is 12.2 Å². The van der Waals surface area contributed by atoms with Gasteiger partial charge in [-0.15, -0.1) is 0 Å². The Morgan fingerprint density at radius 3 is 2.94 bits per heavy atom. The van der Waals surface area contributed by atoms with Crippen LogP contribution in [0, 0.1) is 0 Å². The van der Waals surface area contributed by atoms with E-state index >= 15 is 0 Å². The smallest absolute Gasteiger partial charge is 0.346 e. The van der Waals surface area contributed by atoms with Crippen molar-refractivity contribution in [1.82, 2.24) is 24.6 Å². The fraction of sp³-hybridized carbons (Fsp3) is 0.700. The van der Waals surface area contributed by atoms with Gasteiger partial charge in [0.15, 0.2) is 0 Å². The molecule has 0 fully saturated rings. The molecule has 1 amide bonds. The van der Waals surface area contributed by atoms with Crippen molar-refractivity contribution in [3.8, 4) is 0 Å². The molecule has 7 nitrogen and oxygen atoms in total. The maximum Gasteiger partial charge on any atom is 0.346 e. The lowest BCUT2D eigenvalue weighted by molar-refractivity contribution is -0.128. The number of aryl methyl sites for hydroxylation is 1. The summed E-state index contributed by atoms with van der Waals surface area (Å²) in [5.41, 5.74) is -0.118. The van der Waals surface area contributed by atoms with Crippen LogP contribution in [-0.4, -0.2) is 45.8 Å². The van der Waals surface area contributed by atoms with E-state index in [9.17, 15) is 9.59 Å². The SMILES string of the molecule is CN(C)C(=O)CCn1nc2n(c1=O)CCNC2. The molecule has 2 rings (SSSR count). The average molecular weight is 239 g/mol. The molecule has 0 spiro atoms. The summed E-state index contributed by atoms with van der Waals surface area (Å²) >= 11 is 0. The van der Waals surface area contributed by atoms with Crippen molar-refractivity contribution in [1.29, 1.82) is 0 Å². The van der Waals surface area contributed by atoms with Crippen LogP contribution in [0.15, 0.2) is 4.79 Å². The maximum atomic E-state index is 11.9. The van der Waals surface area contributed by atoms with Crippen molar-refractivity contribution < 1.29 is 4.79 Å². The molecule has 0 saturated heterocycles. The Labute approximate surface area is 99.0 Å². The van der Waals surface area contributed by atoms with E-state index < -0.39 is 0 Å². The molecule has 1 aliphatic heterocycles. The topological polar surface area (TPSA) is 72.2 Å². The molecule has 0 atom stereocenters. The third-order valence-corrected chi connectivity index (χ3v) is 2.83. The zero-order valence-corrected chi connectivity index (χ0v) is 10.1. The van der Waals surface area contributed by atoms with Gasteiger partial charge in [-0.25, -0.2) is 9.48 Å². The molecule has 1 aliphatic rings. The number of rotatable bonds is 3.